The van der Waals surface area contributed by atoms with E-state index in [9.17, 15) is 4.79 Å². The predicted octanol–water partition coefficient (Wildman–Crippen LogP) is 3.75. The molecule has 0 fully saturated rings. The van der Waals surface area contributed by atoms with E-state index < -0.39 is 5.97 Å². The van der Waals surface area contributed by atoms with Crippen LogP contribution in [-0.4, -0.2) is 16.1 Å². The highest BCUT2D eigenvalue weighted by Gasteiger charge is 2.11. The Hall–Kier alpha value is -1.58. The second-order valence-electron chi connectivity index (χ2n) is 3.37. The van der Waals surface area contributed by atoms with Gasteiger partial charge in [0.15, 0.2) is 0 Å². The Morgan fingerprint density at radius 1 is 1.12 bits per heavy atom. The number of halogens is 2. The number of aromatic carboxylic acids is 1. The van der Waals surface area contributed by atoms with Gasteiger partial charge in [0.1, 0.15) is 5.15 Å². The van der Waals surface area contributed by atoms with Crippen molar-refractivity contribution < 1.29 is 9.90 Å². The van der Waals surface area contributed by atoms with Crippen LogP contribution in [0.15, 0.2) is 36.5 Å². The van der Waals surface area contributed by atoms with E-state index in [4.69, 9.17) is 28.3 Å². The molecule has 5 heteroatoms. The van der Waals surface area contributed by atoms with Gasteiger partial charge >= 0.3 is 5.97 Å². The Balaban J connectivity index is 2.50. The molecule has 1 aromatic carbocycles. The number of pyridine rings is 1. The molecule has 0 amide bonds. The summed E-state index contributed by atoms with van der Waals surface area (Å²) in [6.07, 6.45) is 1.53. The largest absolute Gasteiger partial charge is 0.478 e. The molecule has 0 saturated heterocycles. The zero-order valence-electron chi connectivity index (χ0n) is 8.52. The van der Waals surface area contributed by atoms with Crippen molar-refractivity contribution in [1.29, 1.82) is 0 Å². The van der Waals surface area contributed by atoms with Crippen molar-refractivity contribution in [3.8, 4) is 11.1 Å². The fourth-order valence-corrected chi connectivity index (χ4v) is 1.71. The monoisotopic (exact) mass is 267 g/mol. The molecule has 0 bridgehead atoms. The lowest BCUT2D eigenvalue weighted by Crippen LogP contribution is -1.99. The van der Waals surface area contributed by atoms with E-state index in [0.29, 0.717) is 10.6 Å². The summed E-state index contributed by atoms with van der Waals surface area (Å²) in [5, 5.41) is 9.54. The molecule has 0 aliphatic carbocycles. The zero-order chi connectivity index (χ0) is 12.4. The highest BCUT2D eigenvalue weighted by molar-refractivity contribution is 6.32. The summed E-state index contributed by atoms with van der Waals surface area (Å²) in [7, 11) is 0. The van der Waals surface area contributed by atoms with E-state index >= 15 is 0 Å². The maximum absolute atomic E-state index is 10.9. The molecule has 2 aromatic rings. The second-order valence-corrected chi connectivity index (χ2v) is 4.17. The number of carbonyl (C=O) groups is 1. The molecule has 0 saturated carbocycles. The number of aromatic nitrogens is 1. The van der Waals surface area contributed by atoms with E-state index in [-0.39, 0.29) is 10.7 Å². The van der Waals surface area contributed by atoms with Gasteiger partial charge in [-0.1, -0.05) is 35.3 Å². The number of hydrogen-bond acceptors (Lipinski definition) is 2. The maximum Gasteiger partial charge on any atom is 0.338 e. The summed E-state index contributed by atoms with van der Waals surface area (Å²) >= 11 is 11.5. The average Bonchev–Trinajstić information content (AvgIpc) is 2.30. The number of hydrogen-bond donors (Lipinski definition) is 1. The van der Waals surface area contributed by atoms with Crippen LogP contribution in [0, 0.1) is 0 Å². The highest BCUT2D eigenvalue weighted by atomic mass is 35.5. The molecule has 0 radical (unpaired) electrons. The van der Waals surface area contributed by atoms with Crippen LogP contribution in [0.2, 0.25) is 10.2 Å². The Kier molecular flexibility index (Phi) is 3.31. The molecule has 1 N–H and O–H groups in total. The lowest BCUT2D eigenvalue weighted by Gasteiger charge is -2.04. The fraction of sp³-hybridized carbons (Fsp3) is 0. The van der Waals surface area contributed by atoms with Crippen molar-refractivity contribution in [3.63, 3.8) is 0 Å². The summed E-state index contributed by atoms with van der Waals surface area (Å²) in [5.74, 6) is -1.10. The molecule has 1 heterocycles. The Morgan fingerprint density at radius 3 is 2.35 bits per heavy atom. The van der Waals surface area contributed by atoms with Gasteiger partial charge in [-0.3, -0.25) is 0 Å². The van der Waals surface area contributed by atoms with Gasteiger partial charge in [0.05, 0.1) is 5.56 Å². The first-order chi connectivity index (χ1) is 8.08. The van der Waals surface area contributed by atoms with Gasteiger partial charge in [0, 0.05) is 16.8 Å². The maximum atomic E-state index is 10.9. The first-order valence-electron chi connectivity index (χ1n) is 4.72. The van der Waals surface area contributed by atoms with Crippen LogP contribution in [0.25, 0.3) is 11.1 Å². The van der Waals surface area contributed by atoms with Crippen LogP contribution in [0.5, 0.6) is 0 Å². The predicted molar refractivity (Wildman–Crippen MR) is 66.7 cm³/mol. The van der Waals surface area contributed by atoms with Crippen LogP contribution in [0.4, 0.5) is 0 Å². The van der Waals surface area contributed by atoms with Gasteiger partial charge < -0.3 is 5.11 Å². The van der Waals surface area contributed by atoms with Gasteiger partial charge in [-0.2, -0.15) is 0 Å². The third-order valence-corrected chi connectivity index (χ3v) is 2.80. The van der Waals surface area contributed by atoms with Gasteiger partial charge in [0.2, 0.25) is 0 Å². The quantitative estimate of drug-likeness (QED) is 0.844. The summed E-state index contributed by atoms with van der Waals surface area (Å²) in [6, 6.07) is 8.52. The molecule has 0 spiro atoms. The van der Waals surface area contributed by atoms with Crippen molar-refractivity contribution >= 4 is 29.2 Å². The number of nitrogens with zero attached hydrogens (tertiary/aromatic N) is 1. The molecule has 0 aliphatic heterocycles. The zero-order valence-corrected chi connectivity index (χ0v) is 10.0. The minimum absolute atomic E-state index is 0.0147. The molecule has 3 nitrogen and oxygen atoms in total. The first kappa shape index (κ1) is 11.9. The summed E-state index contributed by atoms with van der Waals surface area (Å²) in [5.41, 5.74) is 1.50. The van der Waals surface area contributed by atoms with Crippen LogP contribution in [-0.2, 0) is 0 Å². The van der Waals surface area contributed by atoms with Crippen LogP contribution < -0.4 is 0 Å². The van der Waals surface area contributed by atoms with Gasteiger partial charge in [0.25, 0.3) is 0 Å². The van der Waals surface area contributed by atoms with E-state index in [0.717, 1.165) is 5.56 Å². The van der Waals surface area contributed by atoms with Gasteiger partial charge in [-0.25, -0.2) is 9.78 Å². The Bertz CT molecular complexity index is 567. The van der Waals surface area contributed by atoms with E-state index in [1.165, 1.54) is 12.3 Å². The molecular formula is C12H7Cl2NO2. The average molecular weight is 268 g/mol. The van der Waals surface area contributed by atoms with Crippen molar-refractivity contribution in [2.75, 3.05) is 0 Å². The number of rotatable bonds is 2. The number of carboxylic acid groups (broad SMARTS) is 1. The SMILES string of the molecule is O=C(O)c1cc(-c2ccc(Cl)cc2)cnc1Cl. The third kappa shape index (κ3) is 2.57. The molecule has 86 valence electrons. The standard InChI is InChI=1S/C12H7Cl2NO2/c13-9-3-1-7(2-4-9)8-5-10(12(16)17)11(14)15-6-8/h1-6H,(H,16,17). The Morgan fingerprint density at radius 2 is 1.76 bits per heavy atom. The third-order valence-electron chi connectivity index (χ3n) is 2.25. The van der Waals surface area contributed by atoms with E-state index in [1.54, 1.807) is 24.3 Å². The van der Waals surface area contributed by atoms with Crippen molar-refractivity contribution in [2.45, 2.75) is 0 Å². The van der Waals surface area contributed by atoms with Crippen molar-refractivity contribution in [3.05, 3.63) is 52.3 Å². The molecule has 17 heavy (non-hydrogen) atoms. The van der Waals surface area contributed by atoms with Crippen molar-refractivity contribution in [1.82, 2.24) is 4.98 Å². The van der Waals surface area contributed by atoms with Crippen LogP contribution in [0.3, 0.4) is 0 Å². The minimum Gasteiger partial charge on any atom is -0.478 e. The lowest BCUT2D eigenvalue weighted by atomic mass is 10.1. The van der Waals surface area contributed by atoms with Crippen molar-refractivity contribution in [2.24, 2.45) is 0 Å². The Labute approximate surface area is 108 Å². The summed E-state index contributed by atoms with van der Waals surface area (Å²) < 4.78 is 0. The summed E-state index contributed by atoms with van der Waals surface area (Å²) in [4.78, 5) is 14.8. The minimum atomic E-state index is -1.10. The van der Waals surface area contributed by atoms with Gasteiger partial charge in [-0.15, -0.1) is 0 Å². The molecule has 2 rings (SSSR count). The molecular weight excluding hydrogens is 261 g/mol. The fourth-order valence-electron chi connectivity index (χ4n) is 1.40. The lowest BCUT2D eigenvalue weighted by molar-refractivity contribution is 0.0696. The topological polar surface area (TPSA) is 50.2 Å². The summed E-state index contributed by atoms with van der Waals surface area (Å²) in [6.45, 7) is 0. The second kappa shape index (κ2) is 4.73. The van der Waals surface area contributed by atoms with E-state index in [2.05, 4.69) is 4.98 Å². The highest BCUT2D eigenvalue weighted by Crippen LogP contribution is 2.24. The number of carboxylic acids is 1. The van der Waals surface area contributed by atoms with Crippen LogP contribution in [0.1, 0.15) is 10.4 Å². The molecule has 0 unspecified atom stereocenters. The molecule has 0 aliphatic rings. The van der Waals surface area contributed by atoms with Gasteiger partial charge in [-0.05, 0) is 23.8 Å². The van der Waals surface area contributed by atoms with E-state index in [1.807, 2.05) is 0 Å². The number of benzene rings is 1. The molecule has 1 aromatic heterocycles. The normalized spacial score (nSPS) is 10.2. The smallest absolute Gasteiger partial charge is 0.338 e. The first-order valence-corrected chi connectivity index (χ1v) is 5.48. The molecule has 0 atom stereocenters. The van der Waals surface area contributed by atoms with Crippen LogP contribution >= 0.6 is 23.2 Å².